The SMILES string of the molecule is CC(C)(C)OC(=O)N1C[C@H](F)[C@H](F)[C@@H]1C(=O)OCc1ccccc1.CC(C)(C)OC(=O)N1C[C@H](F)[C@H](F)[C@@H]1C(=O)OCc1ccccc1. The number of esters is 2. The molecule has 2 fully saturated rings. The van der Waals surface area contributed by atoms with Crippen LogP contribution in [0.25, 0.3) is 0 Å². The molecule has 0 bridgehead atoms. The Labute approximate surface area is 277 Å². The van der Waals surface area contributed by atoms with Crippen LogP contribution in [0.2, 0.25) is 0 Å². The largest absolute Gasteiger partial charge is 0.459 e. The summed E-state index contributed by atoms with van der Waals surface area (Å²) in [4.78, 5) is 50.1. The lowest BCUT2D eigenvalue weighted by atomic mass is 10.2. The van der Waals surface area contributed by atoms with Gasteiger partial charge in [-0.25, -0.2) is 36.7 Å². The van der Waals surface area contributed by atoms with Crippen molar-refractivity contribution in [3.8, 4) is 0 Å². The Morgan fingerprint density at radius 2 is 0.917 bits per heavy atom. The van der Waals surface area contributed by atoms with Crippen LogP contribution < -0.4 is 0 Å². The van der Waals surface area contributed by atoms with Crippen LogP contribution >= 0.6 is 0 Å². The molecule has 10 nitrogen and oxygen atoms in total. The van der Waals surface area contributed by atoms with Crippen molar-refractivity contribution in [2.75, 3.05) is 13.1 Å². The molecule has 2 saturated heterocycles. The molecule has 2 heterocycles. The average molecular weight is 683 g/mol. The molecule has 2 aromatic rings. The Balaban J connectivity index is 0.000000260. The van der Waals surface area contributed by atoms with Crippen molar-refractivity contribution in [1.82, 2.24) is 9.80 Å². The topological polar surface area (TPSA) is 112 Å². The van der Waals surface area contributed by atoms with Crippen molar-refractivity contribution >= 4 is 24.1 Å². The molecule has 0 aliphatic carbocycles. The number of likely N-dealkylation sites (tertiary alicyclic amines) is 2. The monoisotopic (exact) mass is 682 g/mol. The molecule has 0 unspecified atom stereocenters. The van der Waals surface area contributed by atoms with Crippen molar-refractivity contribution in [2.45, 2.75) is 103 Å². The van der Waals surface area contributed by atoms with Gasteiger partial charge in [0.2, 0.25) is 0 Å². The molecule has 14 heteroatoms. The van der Waals surface area contributed by atoms with E-state index in [9.17, 15) is 36.7 Å². The Hall–Kier alpha value is -4.36. The zero-order valence-electron chi connectivity index (χ0n) is 27.7. The standard InChI is InChI=1S/2C17H21F2NO4/c2*1-17(2,3)24-16(22)20-9-12(18)13(19)14(20)15(21)23-10-11-7-5-4-6-8-11/h2*4-8,12-14H,9-10H2,1-3H3/t2*12-,13-,14+/m00/s1. The van der Waals surface area contributed by atoms with E-state index in [1.54, 1.807) is 102 Å². The molecule has 264 valence electrons. The first-order valence-electron chi connectivity index (χ1n) is 15.3. The lowest BCUT2D eigenvalue weighted by molar-refractivity contribution is -0.152. The third kappa shape index (κ3) is 10.8. The van der Waals surface area contributed by atoms with E-state index in [1.165, 1.54) is 0 Å². The predicted molar refractivity (Wildman–Crippen MR) is 166 cm³/mol. The summed E-state index contributed by atoms with van der Waals surface area (Å²) in [6.07, 6.45) is -10.1. The van der Waals surface area contributed by atoms with Crippen LogP contribution in [0, 0.1) is 0 Å². The van der Waals surface area contributed by atoms with Crippen LogP contribution in [0.3, 0.4) is 0 Å². The number of carbonyl (C=O) groups excluding carboxylic acids is 4. The third-order valence-corrected chi connectivity index (χ3v) is 6.89. The molecule has 0 N–H and O–H groups in total. The number of rotatable bonds is 6. The zero-order valence-corrected chi connectivity index (χ0v) is 27.7. The fraction of sp³-hybridized carbons (Fsp3) is 0.529. The smallest absolute Gasteiger partial charge is 0.411 e. The summed E-state index contributed by atoms with van der Waals surface area (Å²) in [7, 11) is 0. The molecule has 0 spiro atoms. The molecule has 2 aliphatic heterocycles. The minimum absolute atomic E-state index is 0.0813. The van der Waals surface area contributed by atoms with Gasteiger partial charge >= 0.3 is 24.1 Å². The number of carbonyl (C=O) groups is 4. The van der Waals surface area contributed by atoms with E-state index in [2.05, 4.69) is 0 Å². The van der Waals surface area contributed by atoms with E-state index in [-0.39, 0.29) is 13.2 Å². The Kier molecular flexibility index (Phi) is 12.8. The number of alkyl halides is 4. The lowest BCUT2D eigenvalue weighted by Crippen LogP contribution is -2.46. The van der Waals surface area contributed by atoms with Gasteiger partial charge in [-0.15, -0.1) is 0 Å². The van der Waals surface area contributed by atoms with Gasteiger partial charge in [-0.1, -0.05) is 60.7 Å². The number of amides is 2. The molecule has 0 radical (unpaired) electrons. The molecule has 4 rings (SSSR count). The Morgan fingerprint density at radius 3 is 1.21 bits per heavy atom. The molecule has 48 heavy (non-hydrogen) atoms. The fourth-order valence-corrected chi connectivity index (χ4v) is 4.70. The number of nitrogens with zero attached hydrogens (tertiary/aromatic N) is 2. The fourth-order valence-electron chi connectivity index (χ4n) is 4.70. The molecular weight excluding hydrogens is 640 g/mol. The highest BCUT2D eigenvalue weighted by Crippen LogP contribution is 2.29. The maximum atomic E-state index is 14.1. The molecule has 0 aromatic heterocycles. The number of hydrogen-bond donors (Lipinski definition) is 0. The average Bonchev–Trinajstić information content (AvgIpc) is 3.48. The van der Waals surface area contributed by atoms with Gasteiger partial charge in [-0.05, 0) is 52.7 Å². The third-order valence-electron chi connectivity index (χ3n) is 6.89. The number of ether oxygens (including phenoxy) is 4. The lowest BCUT2D eigenvalue weighted by Gasteiger charge is -2.27. The summed E-state index contributed by atoms with van der Waals surface area (Å²) >= 11 is 0. The number of benzene rings is 2. The maximum Gasteiger partial charge on any atom is 0.411 e. The van der Waals surface area contributed by atoms with Gasteiger partial charge in [0, 0.05) is 0 Å². The molecular formula is C34H42F4N2O8. The first-order chi connectivity index (χ1) is 22.4. The summed E-state index contributed by atoms with van der Waals surface area (Å²) in [6, 6.07) is 14.3. The van der Waals surface area contributed by atoms with E-state index in [4.69, 9.17) is 18.9 Å². The van der Waals surface area contributed by atoms with Crippen LogP contribution in [0.4, 0.5) is 27.2 Å². The number of hydrogen-bond acceptors (Lipinski definition) is 8. The van der Waals surface area contributed by atoms with Crippen LogP contribution in [0.5, 0.6) is 0 Å². The van der Waals surface area contributed by atoms with E-state index in [0.29, 0.717) is 11.1 Å². The summed E-state index contributed by atoms with van der Waals surface area (Å²) in [6.45, 7) is 8.53. The highest BCUT2D eigenvalue weighted by Gasteiger charge is 2.52. The van der Waals surface area contributed by atoms with Crippen molar-refractivity contribution < 1.29 is 55.7 Å². The van der Waals surface area contributed by atoms with Crippen molar-refractivity contribution in [3.05, 3.63) is 71.8 Å². The second-order valence-corrected chi connectivity index (χ2v) is 13.3. The summed E-state index contributed by atoms with van der Waals surface area (Å²) in [5.74, 6) is -1.98. The molecule has 0 saturated carbocycles. The molecule has 2 amide bonds. The first kappa shape index (κ1) is 38.1. The van der Waals surface area contributed by atoms with Gasteiger partial charge in [0.15, 0.2) is 36.8 Å². The van der Waals surface area contributed by atoms with Crippen molar-refractivity contribution in [3.63, 3.8) is 0 Å². The quantitative estimate of drug-likeness (QED) is 0.206. The van der Waals surface area contributed by atoms with E-state index >= 15 is 0 Å². The summed E-state index contributed by atoms with van der Waals surface area (Å²) in [5, 5.41) is 0. The molecule has 2 aromatic carbocycles. The van der Waals surface area contributed by atoms with Gasteiger partial charge in [-0.3, -0.25) is 9.80 Å². The van der Waals surface area contributed by atoms with Gasteiger partial charge in [0.1, 0.15) is 24.4 Å². The molecule has 2 aliphatic rings. The summed E-state index contributed by atoms with van der Waals surface area (Å²) < 4.78 is 75.9. The second-order valence-electron chi connectivity index (χ2n) is 13.3. The van der Waals surface area contributed by atoms with E-state index in [1.807, 2.05) is 0 Å². The van der Waals surface area contributed by atoms with Crippen LogP contribution in [-0.2, 0) is 41.8 Å². The second kappa shape index (κ2) is 16.2. The Morgan fingerprint density at radius 1 is 0.604 bits per heavy atom. The zero-order chi connectivity index (χ0) is 35.8. The Bertz CT molecular complexity index is 1280. The van der Waals surface area contributed by atoms with Crippen LogP contribution in [-0.4, -0.2) is 95.0 Å². The molecule has 6 atom stereocenters. The van der Waals surface area contributed by atoms with Gasteiger partial charge < -0.3 is 18.9 Å². The minimum Gasteiger partial charge on any atom is -0.459 e. The first-order valence-corrected chi connectivity index (χ1v) is 15.3. The maximum absolute atomic E-state index is 14.1. The van der Waals surface area contributed by atoms with Crippen molar-refractivity contribution in [1.29, 1.82) is 0 Å². The van der Waals surface area contributed by atoms with Crippen LogP contribution in [0.15, 0.2) is 60.7 Å². The van der Waals surface area contributed by atoms with Gasteiger partial charge in [0.05, 0.1) is 13.1 Å². The number of halogens is 4. The summed E-state index contributed by atoms with van der Waals surface area (Å²) in [5.41, 5.74) is -0.259. The normalized spacial score (nSPS) is 23.9. The van der Waals surface area contributed by atoms with E-state index < -0.39 is 85.2 Å². The highest BCUT2D eigenvalue weighted by molar-refractivity contribution is 5.84. The predicted octanol–water partition coefficient (Wildman–Crippen LogP) is 6.05. The van der Waals surface area contributed by atoms with E-state index in [0.717, 1.165) is 9.80 Å². The minimum atomic E-state index is -2.14. The van der Waals surface area contributed by atoms with Crippen LogP contribution in [0.1, 0.15) is 52.7 Å². The van der Waals surface area contributed by atoms with Gasteiger partial charge in [0.25, 0.3) is 0 Å². The highest BCUT2D eigenvalue weighted by atomic mass is 19.2. The van der Waals surface area contributed by atoms with Gasteiger partial charge in [-0.2, -0.15) is 0 Å². The van der Waals surface area contributed by atoms with Crippen molar-refractivity contribution in [2.24, 2.45) is 0 Å².